The highest BCUT2D eigenvalue weighted by atomic mass is 16.5. The summed E-state index contributed by atoms with van der Waals surface area (Å²) in [6.07, 6.45) is 7.02. The second kappa shape index (κ2) is 4.98. The van der Waals surface area contributed by atoms with E-state index in [1.54, 1.807) is 0 Å². The van der Waals surface area contributed by atoms with E-state index in [9.17, 15) is 5.11 Å². The molecule has 1 aliphatic carbocycles. The van der Waals surface area contributed by atoms with Gasteiger partial charge in [0.2, 0.25) is 0 Å². The molecule has 0 radical (unpaired) electrons. The molecule has 3 nitrogen and oxygen atoms in total. The average Bonchev–Trinajstić information content (AvgIpc) is 2.84. The monoisotopic (exact) mass is 247 g/mol. The van der Waals surface area contributed by atoms with E-state index in [4.69, 9.17) is 4.74 Å². The molecule has 1 aliphatic heterocycles. The van der Waals surface area contributed by atoms with Crippen LogP contribution in [0.1, 0.15) is 49.8 Å². The van der Waals surface area contributed by atoms with E-state index in [2.05, 4.69) is 18.0 Å². The van der Waals surface area contributed by atoms with Gasteiger partial charge in [-0.2, -0.15) is 0 Å². The van der Waals surface area contributed by atoms with Gasteiger partial charge in [-0.1, -0.05) is 6.07 Å². The first-order valence-electron chi connectivity index (χ1n) is 7.03. The normalized spacial score (nSPS) is 33.1. The van der Waals surface area contributed by atoms with Gasteiger partial charge >= 0.3 is 0 Å². The molecule has 0 amide bonds. The molecule has 0 bridgehead atoms. The van der Waals surface area contributed by atoms with Gasteiger partial charge in [0, 0.05) is 17.8 Å². The molecule has 1 aromatic rings. The Morgan fingerprint density at radius 2 is 2.28 bits per heavy atom. The predicted octanol–water partition coefficient (Wildman–Crippen LogP) is 2.43. The molecule has 0 saturated carbocycles. The van der Waals surface area contributed by atoms with Crippen LogP contribution >= 0.6 is 0 Å². The van der Waals surface area contributed by atoms with E-state index in [1.165, 1.54) is 5.56 Å². The van der Waals surface area contributed by atoms with E-state index < -0.39 is 6.10 Å². The molecule has 1 N–H and O–H groups in total. The fourth-order valence-electron chi connectivity index (χ4n) is 3.32. The van der Waals surface area contributed by atoms with Crippen LogP contribution in [-0.4, -0.2) is 28.4 Å². The minimum atomic E-state index is -0.399. The first-order valence-corrected chi connectivity index (χ1v) is 7.03. The fraction of sp³-hybridized carbons (Fsp3) is 0.667. The Labute approximate surface area is 108 Å². The van der Waals surface area contributed by atoms with E-state index in [0.29, 0.717) is 0 Å². The highest BCUT2D eigenvalue weighted by Crippen LogP contribution is 2.36. The second-order valence-electron chi connectivity index (χ2n) is 5.60. The zero-order valence-corrected chi connectivity index (χ0v) is 10.9. The number of rotatable bonds is 2. The zero-order chi connectivity index (χ0) is 12.5. The number of hydrogen-bond donors (Lipinski definition) is 1. The summed E-state index contributed by atoms with van der Waals surface area (Å²) in [7, 11) is 0. The number of aryl methyl sites for hydroxylation is 1. The Balaban J connectivity index is 1.81. The van der Waals surface area contributed by atoms with Gasteiger partial charge in [0.05, 0.1) is 18.3 Å². The van der Waals surface area contributed by atoms with Crippen LogP contribution in [0, 0.1) is 0 Å². The van der Waals surface area contributed by atoms with Gasteiger partial charge < -0.3 is 9.84 Å². The maximum atomic E-state index is 10.6. The molecule has 0 spiro atoms. The third kappa shape index (κ3) is 2.17. The van der Waals surface area contributed by atoms with Crippen molar-refractivity contribution in [3.05, 3.63) is 29.6 Å². The average molecular weight is 247 g/mol. The third-order valence-electron chi connectivity index (χ3n) is 4.30. The molecule has 18 heavy (non-hydrogen) atoms. The summed E-state index contributed by atoms with van der Waals surface area (Å²) in [6.45, 7) is 2.08. The molecule has 4 unspecified atom stereocenters. The topological polar surface area (TPSA) is 42.4 Å². The number of fused-ring (bicyclic) bond motifs is 1. The Kier molecular flexibility index (Phi) is 3.35. The molecular formula is C15H21NO2. The van der Waals surface area contributed by atoms with Crippen LogP contribution < -0.4 is 0 Å². The van der Waals surface area contributed by atoms with Crippen molar-refractivity contribution in [2.75, 3.05) is 0 Å². The van der Waals surface area contributed by atoms with Crippen molar-refractivity contribution in [1.29, 1.82) is 0 Å². The maximum absolute atomic E-state index is 10.6. The number of aliphatic hydroxyl groups is 1. The van der Waals surface area contributed by atoms with Crippen molar-refractivity contribution in [3.8, 4) is 0 Å². The summed E-state index contributed by atoms with van der Waals surface area (Å²) < 4.78 is 5.81. The largest absolute Gasteiger partial charge is 0.390 e. The Morgan fingerprint density at radius 3 is 3.06 bits per heavy atom. The van der Waals surface area contributed by atoms with Crippen LogP contribution in [0.2, 0.25) is 0 Å². The van der Waals surface area contributed by atoms with Gasteiger partial charge in [0.15, 0.2) is 0 Å². The molecule has 1 saturated heterocycles. The molecule has 4 atom stereocenters. The van der Waals surface area contributed by atoms with E-state index in [1.807, 2.05) is 12.3 Å². The number of aliphatic hydroxyl groups excluding tert-OH is 1. The molecule has 1 fully saturated rings. The summed E-state index contributed by atoms with van der Waals surface area (Å²) in [6, 6.07) is 4.13. The number of nitrogens with zero attached hydrogens (tertiary/aromatic N) is 1. The standard InChI is InChI=1S/C15H21NO2/c1-10-7-8-13(18-10)15(17)12-6-2-4-11-5-3-9-16-14(11)12/h3,5,9-10,12-13,15,17H,2,4,6-8H2,1H3. The van der Waals surface area contributed by atoms with Crippen LogP contribution in [-0.2, 0) is 11.2 Å². The highest BCUT2D eigenvalue weighted by molar-refractivity contribution is 5.27. The van der Waals surface area contributed by atoms with E-state index in [0.717, 1.165) is 37.8 Å². The summed E-state index contributed by atoms with van der Waals surface area (Å²) in [5.74, 6) is 0.158. The molecule has 1 aromatic heterocycles. The summed E-state index contributed by atoms with van der Waals surface area (Å²) >= 11 is 0. The quantitative estimate of drug-likeness (QED) is 0.872. The first kappa shape index (κ1) is 12.1. The Hall–Kier alpha value is -0.930. The lowest BCUT2D eigenvalue weighted by Crippen LogP contribution is -2.34. The van der Waals surface area contributed by atoms with Crippen LogP contribution in [0.15, 0.2) is 18.3 Å². The summed E-state index contributed by atoms with van der Waals surface area (Å²) in [5.41, 5.74) is 2.40. The lowest BCUT2D eigenvalue weighted by Gasteiger charge is -2.31. The molecule has 3 rings (SSSR count). The van der Waals surface area contributed by atoms with Gasteiger partial charge in [0.1, 0.15) is 0 Å². The Bertz CT molecular complexity index is 421. The van der Waals surface area contributed by atoms with Crippen LogP contribution in [0.3, 0.4) is 0 Å². The highest BCUT2D eigenvalue weighted by Gasteiger charge is 2.36. The van der Waals surface area contributed by atoms with Crippen molar-refractivity contribution in [3.63, 3.8) is 0 Å². The van der Waals surface area contributed by atoms with Crippen molar-refractivity contribution in [2.45, 2.75) is 63.3 Å². The van der Waals surface area contributed by atoms with Gasteiger partial charge in [-0.25, -0.2) is 0 Å². The SMILES string of the molecule is CC1CCC(C(O)C2CCCc3cccnc32)O1. The predicted molar refractivity (Wildman–Crippen MR) is 69.5 cm³/mol. The molecule has 2 heterocycles. The Morgan fingerprint density at radius 1 is 1.39 bits per heavy atom. The molecule has 0 aromatic carbocycles. The molecule has 2 aliphatic rings. The zero-order valence-electron chi connectivity index (χ0n) is 10.9. The van der Waals surface area contributed by atoms with E-state index in [-0.39, 0.29) is 18.1 Å². The number of pyridine rings is 1. The van der Waals surface area contributed by atoms with Gasteiger partial charge in [0.25, 0.3) is 0 Å². The summed E-state index contributed by atoms with van der Waals surface area (Å²) in [5, 5.41) is 10.6. The first-order chi connectivity index (χ1) is 8.75. The van der Waals surface area contributed by atoms with Crippen LogP contribution in [0.4, 0.5) is 0 Å². The van der Waals surface area contributed by atoms with Crippen LogP contribution in [0.25, 0.3) is 0 Å². The minimum absolute atomic E-state index is 0.00189. The third-order valence-corrected chi connectivity index (χ3v) is 4.30. The lowest BCUT2D eigenvalue weighted by atomic mass is 9.81. The molecule has 3 heteroatoms. The van der Waals surface area contributed by atoms with Crippen LogP contribution in [0.5, 0.6) is 0 Å². The van der Waals surface area contributed by atoms with Gasteiger partial charge in [-0.05, 0) is 50.7 Å². The van der Waals surface area contributed by atoms with Crippen molar-refractivity contribution < 1.29 is 9.84 Å². The van der Waals surface area contributed by atoms with Gasteiger partial charge in [-0.15, -0.1) is 0 Å². The van der Waals surface area contributed by atoms with Crippen molar-refractivity contribution in [2.24, 2.45) is 0 Å². The molecule has 98 valence electrons. The lowest BCUT2D eigenvalue weighted by molar-refractivity contribution is -0.0422. The van der Waals surface area contributed by atoms with Crippen molar-refractivity contribution in [1.82, 2.24) is 4.98 Å². The summed E-state index contributed by atoms with van der Waals surface area (Å²) in [4.78, 5) is 4.50. The smallest absolute Gasteiger partial charge is 0.0885 e. The number of ether oxygens (including phenoxy) is 1. The minimum Gasteiger partial charge on any atom is -0.390 e. The van der Waals surface area contributed by atoms with Crippen molar-refractivity contribution >= 4 is 0 Å². The molecular weight excluding hydrogens is 226 g/mol. The number of aromatic nitrogens is 1. The van der Waals surface area contributed by atoms with E-state index >= 15 is 0 Å². The van der Waals surface area contributed by atoms with Gasteiger partial charge in [-0.3, -0.25) is 4.98 Å². The fourth-order valence-corrected chi connectivity index (χ4v) is 3.32. The number of hydrogen-bond acceptors (Lipinski definition) is 3. The maximum Gasteiger partial charge on any atom is 0.0885 e. The second-order valence-corrected chi connectivity index (χ2v) is 5.60.